The first-order valence-electron chi connectivity index (χ1n) is 10.2. The van der Waals surface area contributed by atoms with Gasteiger partial charge in [-0.25, -0.2) is 4.98 Å². The fourth-order valence-corrected chi connectivity index (χ4v) is 5.05. The van der Waals surface area contributed by atoms with E-state index in [9.17, 15) is 18.0 Å². The molecule has 1 aromatic rings. The molecule has 2 aliphatic heterocycles. The number of hydrogen-bond acceptors (Lipinski definition) is 5. The Labute approximate surface area is 192 Å². The Morgan fingerprint density at radius 3 is 2.45 bits per heavy atom. The Morgan fingerprint density at radius 2 is 1.90 bits per heavy atom. The van der Waals surface area contributed by atoms with Crippen LogP contribution in [0.5, 0.6) is 0 Å². The van der Waals surface area contributed by atoms with Crippen molar-refractivity contribution in [3.63, 3.8) is 0 Å². The summed E-state index contributed by atoms with van der Waals surface area (Å²) in [5.74, 6) is 0.637. The van der Waals surface area contributed by atoms with Crippen molar-refractivity contribution in [2.45, 2.75) is 37.9 Å². The predicted molar refractivity (Wildman–Crippen MR) is 116 cm³/mol. The number of rotatable bonds is 3. The molecule has 31 heavy (non-hydrogen) atoms. The molecule has 3 heterocycles. The topological polar surface area (TPSA) is 71.7 Å². The minimum absolute atomic E-state index is 0. The molecule has 176 valence electrons. The van der Waals surface area contributed by atoms with Gasteiger partial charge in [0, 0.05) is 45.0 Å². The molecule has 0 bridgehead atoms. The highest BCUT2D eigenvalue weighted by molar-refractivity contribution is 5.85. The average Bonchev–Trinajstić information content (AvgIpc) is 3.38. The number of carbonyl (C=O) groups is 1. The highest BCUT2D eigenvalue weighted by Crippen LogP contribution is 2.48. The Balaban J connectivity index is 0.00000171. The van der Waals surface area contributed by atoms with Crippen molar-refractivity contribution in [1.29, 1.82) is 0 Å². The van der Waals surface area contributed by atoms with Crippen LogP contribution in [0.2, 0.25) is 0 Å². The Kier molecular flexibility index (Phi) is 8.46. The Hall–Kier alpha value is -1.29. The minimum Gasteiger partial charge on any atom is -0.381 e. The van der Waals surface area contributed by atoms with Gasteiger partial charge < -0.3 is 20.3 Å². The van der Waals surface area contributed by atoms with E-state index in [-0.39, 0.29) is 42.7 Å². The van der Waals surface area contributed by atoms with E-state index in [4.69, 9.17) is 10.5 Å². The monoisotopic (exact) mass is 484 g/mol. The van der Waals surface area contributed by atoms with Gasteiger partial charge in [0.05, 0.1) is 17.6 Å². The number of aromatic nitrogens is 1. The summed E-state index contributed by atoms with van der Waals surface area (Å²) in [5, 5.41) is 0. The summed E-state index contributed by atoms with van der Waals surface area (Å²) in [4.78, 5) is 21.3. The lowest BCUT2D eigenvalue weighted by Gasteiger charge is -2.42. The zero-order chi connectivity index (χ0) is 20.6. The second kappa shape index (κ2) is 10.1. The first-order chi connectivity index (χ1) is 13.8. The van der Waals surface area contributed by atoms with Crippen molar-refractivity contribution in [3.05, 3.63) is 23.9 Å². The van der Waals surface area contributed by atoms with Crippen LogP contribution in [0.15, 0.2) is 18.3 Å². The van der Waals surface area contributed by atoms with E-state index in [1.54, 1.807) is 0 Å². The molecule has 3 atom stereocenters. The summed E-state index contributed by atoms with van der Waals surface area (Å²) in [7, 11) is 0. The molecule has 1 aromatic heterocycles. The maximum absolute atomic E-state index is 13.5. The summed E-state index contributed by atoms with van der Waals surface area (Å²) in [6, 6.07) is 2.08. The molecule has 1 amide bonds. The number of halogens is 5. The van der Waals surface area contributed by atoms with Crippen LogP contribution >= 0.6 is 24.8 Å². The normalized spacial score (nSPS) is 28.8. The van der Waals surface area contributed by atoms with Gasteiger partial charge in [-0.1, -0.05) is 0 Å². The van der Waals surface area contributed by atoms with Gasteiger partial charge in [-0.15, -0.1) is 24.8 Å². The molecule has 3 fully saturated rings. The summed E-state index contributed by atoms with van der Waals surface area (Å²) in [6.45, 7) is 3.16. The van der Waals surface area contributed by atoms with Crippen LogP contribution < -0.4 is 10.6 Å². The first-order valence-corrected chi connectivity index (χ1v) is 10.2. The van der Waals surface area contributed by atoms with Crippen LogP contribution in [0.3, 0.4) is 0 Å². The Bertz CT molecular complexity index is 756. The quantitative estimate of drug-likeness (QED) is 0.713. The molecule has 4 rings (SSSR count). The maximum Gasteiger partial charge on any atom is 0.416 e. The van der Waals surface area contributed by atoms with Crippen LogP contribution in [0.25, 0.3) is 0 Å². The lowest BCUT2D eigenvalue weighted by atomic mass is 9.72. The standard InChI is InChI=1S/C20H27F3N4O2.2ClH/c21-20(22,23)14-2-5-25-17(11-14)26-6-8-27(9-7-26)18(28)19(4-1-16(24)12-19)15-3-10-29-13-15;;/h2,5,11,15-16H,1,3-4,6-10,12-13,24H2;2*1H/t15-,16+,19-;;/m0../s1. The molecule has 1 aliphatic carbocycles. The number of anilines is 1. The number of carbonyl (C=O) groups excluding carboxylic acids is 1. The lowest BCUT2D eigenvalue weighted by Crippen LogP contribution is -2.55. The summed E-state index contributed by atoms with van der Waals surface area (Å²) >= 11 is 0. The average molecular weight is 485 g/mol. The lowest BCUT2D eigenvalue weighted by molar-refractivity contribution is -0.146. The van der Waals surface area contributed by atoms with E-state index >= 15 is 0 Å². The molecular weight excluding hydrogens is 456 g/mol. The number of alkyl halides is 3. The molecule has 0 radical (unpaired) electrons. The van der Waals surface area contributed by atoms with Gasteiger partial charge in [-0.3, -0.25) is 4.79 Å². The van der Waals surface area contributed by atoms with Crippen molar-refractivity contribution in [2.75, 3.05) is 44.3 Å². The number of nitrogens with zero attached hydrogens (tertiary/aromatic N) is 3. The van der Waals surface area contributed by atoms with Gasteiger partial charge in [0.2, 0.25) is 5.91 Å². The number of hydrogen-bond donors (Lipinski definition) is 1. The summed E-state index contributed by atoms with van der Waals surface area (Å²) in [6.07, 6.45) is -0.00818. The summed E-state index contributed by atoms with van der Waals surface area (Å²) in [5.41, 5.74) is 5.01. The van der Waals surface area contributed by atoms with Crippen LogP contribution in [0.4, 0.5) is 19.0 Å². The summed E-state index contributed by atoms with van der Waals surface area (Å²) < 4.78 is 44.5. The Morgan fingerprint density at radius 1 is 1.19 bits per heavy atom. The highest BCUT2D eigenvalue weighted by Gasteiger charge is 2.52. The van der Waals surface area contributed by atoms with Gasteiger partial charge in [0.25, 0.3) is 0 Å². The molecule has 11 heteroatoms. The third kappa shape index (κ3) is 5.21. The van der Waals surface area contributed by atoms with Gasteiger partial charge in [0.1, 0.15) is 5.82 Å². The van der Waals surface area contributed by atoms with Crippen LogP contribution in [0.1, 0.15) is 31.2 Å². The molecule has 6 nitrogen and oxygen atoms in total. The second-order valence-corrected chi connectivity index (χ2v) is 8.40. The highest BCUT2D eigenvalue weighted by atomic mass is 35.5. The number of pyridine rings is 1. The van der Waals surface area contributed by atoms with E-state index in [0.29, 0.717) is 51.6 Å². The molecule has 0 spiro atoms. The van der Waals surface area contributed by atoms with Gasteiger partial charge in [-0.2, -0.15) is 13.2 Å². The van der Waals surface area contributed by atoms with Crippen LogP contribution in [-0.4, -0.2) is 61.2 Å². The molecular formula is C20H29Cl2F3N4O2. The molecule has 2 N–H and O–H groups in total. The SMILES string of the molecule is Cl.Cl.N[C@@H]1CC[C@@](C(=O)N2CCN(c3cc(C(F)(F)F)ccn3)CC2)([C@H]2CCOC2)C1. The zero-order valence-electron chi connectivity index (χ0n) is 17.1. The van der Waals surface area contributed by atoms with Gasteiger partial charge in [0.15, 0.2) is 0 Å². The van der Waals surface area contributed by atoms with E-state index in [1.165, 1.54) is 6.20 Å². The number of amides is 1. The molecule has 0 aromatic carbocycles. The fourth-order valence-electron chi connectivity index (χ4n) is 5.05. The van der Waals surface area contributed by atoms with Gasteiger partial charge >= 0.3 is 6.18 Å². The molecule has 0 unspecified atom stereocenters. The van der Waals surface area contributed by atoms with E-state index in [2.05, 4.69) is 4.98 Å². The van der Waals surface area contributed by atoms with Crippen molar-refractivity contribution in [3.8, 4) is 0 Å². The third-order valence-corrected chi connectivity index (χ3v) is 6.69. The fraction of sp³-hybridized carbons (Fsp3) is 0.700. The zero-order valence-corrected chi connectivity index (χ0v) is 18.8. The van der Waals surface area contributed by atoms with Crippen molar-refractivity contribution in [2.24, 2.45) is 17.1 Å². The molecule has 1 saturated carbocycles. The van der Waals surface area contributed by atoms with E-state index in [0.717, 1.165) is 31.4 Å². The number of nitrogens with two attached hydrogens (primary N) is 1. The van der Waals surface area contributed by atoms with Crippen LogP contribution in [-0.2, 0) is 15.7 Å². The van der Waals surface area contributed by atoms with Crippen molar-refractivity contribution < 1.29 is 22.7 Å². The van der Waals surface area contributed by atoms with Crippen molar-refractivity contribution in [1.82, 2.24) is 9.88 Å². The van der Waals surface area contributed by atoms with Gasteiger partial charge in [-0.05, 0) is 43.7 Å². The third-order valence-electron chi connectivity index (χ3n) is 6.69. The van der Waals surface area contributed by atoms with E-state index in [1.807, 2.05) is 9.80 Å². The largest absolute Gasteiger partial charge is 0.416 e. The number of ether oxygens (including phenoxy) is 1. The maximum atomic E-state index is 13.5. The first kappa shape index (κ1) is 26.0. The smallest absolute Gasteiger partial charge is 0.381 e. The molecule has 3 aliphatic rings. The molecule has 2 saturated heterocycles. The van der Waals surface area contributed by atoms with Crippen molar-refractivity contribution >= 4 is 36.5 Å². The second-order valence-electron chi connectivity index (χ2n) is 8.40. The minimum atomic E-state index is -4.40. The van der Waals surface area contributed by atoms with Crippen LogP contribution in [0, 0.1) is 11.3 Å². The predicted octanol–water partition coefficient (Wildman–Crippen LogP) is 3.13. The number of piperazine rings is 1. The van der Waals surface area contributed by atoms with E-state index < -0.39 is 17.2 Å².